The van der Waals surface area contributed by atoms with Crippen LogP contribution in [0, 0.1) is 17.6 Å². The van der Waals surface area contributed by atoms with Crippen LogP contribution in [0.4, 0.5) is 43.9 Å². The van der Waals surface area contributed by atoms with E-state index in [-0.39, 0.29) is 0 Å². The molecule has 0 heterocycles. The molecule has 2 atom stereocenters. The highest BCUT2D eigenvalue weighted by molar-refractivity contribution is 5.32. The van der Waals surface area contributed by atoms with E-state index in [4.69, 9.17) is 0 Å². The summed E-state index contributed by atoms with van der Waals surface area (Å²) in [6.45, 7) is 0. The number of allylic oxidation sites excluding steroid dienone is 1. The standard InChI is InChI=1S/C13H6F10O/c14-5-3-1-2-4(7(5)15)9(24)6-8(16)10(17)12(20,21)13(22,23)11(6,18)19/h1-3,6,9,24H. The number of halogens is 10. The molecule has 1 nitrogen and oxygen atoms in total. The summed E-state index contributed by atoms with van der Waals surface area (Å²) in [5, 5.41) is 9.57. The maximum Gasteiger partial charge on any atom is 0.379 e. The highest BCUT2D eigenvalue weighted by atomic mass is 19.3. The molecule has 2 unspecified atom stereocenters. The van der Waals surface area contributed by atoms with E-state index >= 15 is 0 Å². The lowest BCUT2D eigenvalue weighted by atomic mass is 9.78. The normalized spacial score (nSPS) is 26.4. The number of rotatable bonds is 2. The second-order valence-corrected chi connectivity index (χ2v) is 5.00. The van der Waals surface area contributed by atoms with Gasteiger partial charge in [0.05, 0.1) is 6.10 Å². The van der Waals surface area contributed by atoms with Gasteiger partial charge in [0.15, 0.2) is 17.5 Å². The van der Waals surface area contributed by atoms with Gasteiger partial charge in [-0.2, -0.15) is 26.3 Å². The fourth-order valence-electron chi connectivity index (χ4n) is 2.25. The van der Waals surface area contributed by atoms with Crippen LogP contribution in [0.3, 0.4) is 0 Å². The molecule has 2 rings (SSSR count). The summed E-state index contributed by atoms with van der Waals surface area (Å²) in [5.74, 6) is -32.8. The van der Waals surface area contributed by atoms with Gasteiger partial charge in [0.1, 0.15) is 5.92 Å². The van der Waals surface area contributed by atoms with Crippen LogP contribution in [0.5, 0.6) is 0 Å². The van der Waals surface area contributed by atoms with Gasteiger partial charge in [0, 0.05) is 5.56 Å². The van der Waals surface area contributed by atoms with Gasteiger partial charge in [-0.25, -0.2) is 17.6 Å². The van der Waals surface area contributed by atoms with Crippen molar-refractivity contribution in [2.75, 3.05) is 0 Å². The Morgan fingerprint density at radius 3 is 2.00 bits per heavy atom. The number of aliphatic hydroxyl groups is 1. The summed E-state index contributed by atoms with van der Waals surface area (Å²) >= 11 is 0. The summed E-state index contributed by atoms with van der Waals surface area (Å²) in [6.07, 6.45) is -3.26. The third kappa shape index (κ3) is 2.20. The number of hydrogen-bond acceptors (Lipinski definition) is 1. The van der Waals surface area contributed by atoms with Crippen molar-refractivity contribution in [2.45, 2.75) is 23.9 Å². The summed E-state index contributed by atoms with van der Waals surface area (Å²) in [7, 11) is 0. The number of hydrogen-bond donors (Lipinski definition) is 1. The topological polar surface area (TPSA) is 20.2 Å². The van der Waals surface area contributed by atoms with Crippen LogP contribution >= 0.6 is 0 Å². The lowest BCUT2D eigenvalue weighted by Crippen LogP contribution is -2.62. The molecule has 1 aliphatic rings. The van der Waals surface area contributed by atoms with Crippen molar-refractivity contribution < 1.29 is 49.0 Å². The summed E-state index contributed by atoms with van der Waals surface area (Å²) < 4.78 is 133. The Bertz CT molecular complexity index is 696. The summed E-state index contributed by atoms with van der Waals surface area (Å²) in [4.78, 5) is 0. The first kappa shape index (κ1) is 18.6. The highest BCUT2D eigenvalue weighted by Crippen LogP contribution is 2.61. The zero-order valence-corrected chi connectivity index (χ0v) is 11.1. The number of alkyl halides is 6. The van der Waals surface area contributed by atoms with Gasteiger partial charge in [0.25, 0.3) is 0 Å². The molecule has 134 valence electrons. The van der Waals surface area contributed by atoms with Crippen LogP contribution in [0.2, 0.25) is 0 Å². The molecule has 0 aliphatic heterocycles. The lowest BCUT2D eigenvalue weighted by Gasteiger charge is -2.41. The third-order valence-corrected chi connectivity index (χ3v) is 3.58. The van der Waals surface area contributed by atoms with Crippen LogP contribution in [-0.2, 0) is 0 Å². The minimum Gasteiger partial charge on any atom is -0.387 e. The molecule has 0 saturated heterocycles. The fourth-order valence-corrected chi connectivity index (χ4v) is 2.25. The fraction of sp³-hybridized carbons (Fsp3) is 0.385. The van der Waals surface area contributed by atoms with Crippen LogP contribution in [-0.4, -0.2) is 22.9 Å². The van der Waals surface area contributed by atoms with Crippen molar-refractivity contribution in [3.8, 4) is 0 Å². The maximum absolute atomic E-state index is 13.7. The first-order chi connectivity index (χ1) is 10.8. The summed E-state index contributed by atoms with van der Waals surface area (Å²) in [6, 6.07) is 1.54. The van der Waals surface area contributed by atoms with Gasteiger partial charge in [0.2, 0.25) is 5.83 Å². The van der Waals surface area contributed by atoms with E-state index in [9.17, 15) is 49.0 Å². The van der Waals surface area contributed by atoms with Crippen molar-refractivity contribution >= 4 is 0 Å². The molecular formula is C13H6F10O. The molecule has 1 aliphatic carbocycles. The minimum atomic E-state index is -6.42. The van der Waals surface area contributed by atoms with Gasteiger partial charge in [-0.3, -0.25) is 0 Å². The Balaban J connectivity index is 2.68. The molecule has 11 heteroatoms. The minimum absolute atomic E-state index is 0.426. The predicted molar refractivity (Wildman–Crippen MR) is 58.9 cm³/mol. The monoisotopic (exact) mass is 368 g/mol. The largest absolute Gasteiger partial charge is 0.387 e. The van der Waals surface area contributed by atoms with Crippen LogP contribution < -0.4 is 0 Å². The average molecular weight is 368 g/mol. The first-order valence-electron chi connectivity index (χ1n) is 6.09. The maximum atomic E-state index is 13.7. The molecule has 1 aromatic carbocycles. The Kier molecular flexibility index (Phi) is 4.15. The first-order valence-corrected chi connectivity index (χ1v) is 6.09. The van der Waals surface area contributed by atoms with E-state index < -0.39 is 58.6 Å². The summed E-state index contributed by atoms with van der Waals surface area (Å²) in [5.41, 5.74) is -1.43. The van der Waals surface area contributed by atoms with E-state index in [0.717, 1.165) is 0 Å². The highest BCUT2D eigenvalue weighted by Gasteiger charge is 2.81. The molecule has 0 fully saturated rings. The Labute approximate surface area is 127 Å². The van der Waals surface area contributed by atoms with Gasteiger partial charge in [-0.05, 0) is 6.07 Å². The van der Waals surface area contributed by atoms with Gasteiger partial charge >= 0.3 is 17.8 Å². The van der Waals surface area contributed by atoms with Crippen molar-refractivity contribution in [2.24, 2.45) is 5.92 Å². The molecule has 0 saturated carbocycles. The lowest BCUT2D eigenvalue weighted by molar-refractivity contribution is -0.332. The molecule has 0 spiro atoms. The zero-order chi connectivity index (χ0) is 18.7. The number of benzene rings is 1. The van der Waals surface area contributed by atoms with E-state index in [1.165, 1.54) is 0 Å². The van der Waals surface area contributed by atoms with Gasteiger partial charge in [-0.15, -0.1) is 0 Å². The molecule has 0 amide bonds. The third-order valence-electron chi connectivity index (χ3n) is 3.58. The Hall–Kier alpha value is -1.78. The zero-order valence-electron chi connectivity index (χ0n) is 11.1. The molecule has 1 aromatic rings. The second kappa shape index (κ2) is 5.36. The van der Waals surface area contributed by atoms with E-state index in [1.54, 1.807) is 0 Å². The van der Waals surface area contributed by atoms with E-state index in [0.29, 0.717) is 18.2 Å². The van der Waals surface area contributed by atoms with Crippen LogP contribution in [0.15, 0.2) is 29.9 Å². The SMILES string of the molecule is OC(c1cccc(F)c1F)C1C(F)=C(F)C(F)(F)C(F)(F)C1(F)F. The Morgan fingerprint density at radius 1 is 0.917 bits per heavy atom. The van der Waals surface area contributed by atoms with Gasteiger partial charge in [-0.1, -0.05) is 12.1 Å². The van der Waals surface area contributed by atoms with E-state index in [1.807, 2.05) is 0 Å². The molecule has 0 aromatic heterocycles. The second-order valence-electron chi connectivity index (χ2n) is 5.00. The number of aliphatic hydroxyl groups excluding tert-OH is 1. The Morgan fingerprint density at radius 2 is 1.46 bits per heavy atom. The van der Waals surface area contributed by atoms with Crippen molar-refractivity contribution in [3.63, 3.8) is 0 Å². The quantitative estimate of drug-likeness (QED) is 0.752. The van der Waals surface area contributed by atoms with E-state index in [2.05, 4.69) is 0 Å². The van der Waals surface area contributed by atoms with Crippen molar-refractivity contribution in [1.29, 1.82) is 0 Å². The molecule has 24 heavy (non-hydrogen) atoms. The predicted octanol–water partition coefficient (Wildman–Crippen LogP) is 4.68. The van der Waals surface area contributed by atoms with Crippen molar-refractivity contribution in [3.05, 3.63) is 47.1 Å². The molecule has 0 radical (unpaired) electrons. The van der Waals surface area contributed by atoms with Gasteiger partial charge < -0.3 is 5.11 Å². The van der Waals surface area contributed by atoms with Crippen molar-refractivity contribution in [1.82, 2.24) is 0 Å². The molecule has 1 N–H and O–H groups in total. The van der Waals surface area contributed by atoms with Crippen LogP contribution in [0.25, 0.3) is 0 Å². The molecule has 0 bridgehead atoms. The van der Waals surface area contributed by atoms with Crippen LogP contribution in [0.1, 0.15) is 11.7 Å². The molecular weight excluding hydrogens is 362 g/mol. The smallest absolute Gasteiger partial charge is 0.379 e. The average Bonchev–Trinajstić information content (AvgIpc) is 2.47.